The van der Waals surface area contributed by atoms with Crippen molar-refractivity contribution in [3.63, 3.8) is 0 Å². The van der Waals surface area contributed by atoms with Crippen LogP contribution in [-0.4, -0.2) is 15.5 Å². The third kappa shape index (κ3) is 4.19. The van der Waals surface area contributed by atoms with Crippen molar-refractivity contribution in [3.05, 3.63) is 57.4 Å². The van der Waals surface area contributed by atoms with Gasteiger partial charge in [-0.1, -0.05) is 23.4 Å². The van der Waals surface area contributed by atoms with Crippen LogP contribution in [0.1, 0.15) is 21.2 Å². The Balaban J connectivity index is 1.53. The number of thioether (sulfide) groups is 1. The lowest BCUT2D eigenvalue weighted by Crippen LogP contribution is -2.21. The summed E-state index contributed by atoms with van der Waals surface area (Å²) < 4.78 is 8.23. The van der Waals surface area contributed by atoms with E-state index in [1.807, 2.05) is 36.0 Å². The van der Waals surface area contributed by atoms with E-state index in [2.05, 4.69) is 10.3 Å². The summed E-state index contributed by atoms with van der Waals surface area (Å²) in [5.74, 6) is 1.44. The molecule has 0 saturated carbocycles. The highest BCUT2D eigenvalue weighted by molar-refractivity contribution is 7.98. The van der Waals surface area contributed by atoms with Crippen molar-refractivity contribution < 1.29 is 9.21 Å². The van der Waals surface area contributed by atoms with Gasteiger partial charge in [-0.05, 0) is 24.3 Å². The van der Waals surface area contributed by atoms with Crippen LogP contribution in [0.15, 0.2) is 46.2 Å². The molecule has 0 spiro atoms. The number of halogens is 1. The first kappa shape index (κ1) is 16.2. The molecule has 1 amide bonds. The number of rotatable bonds is 6. The van der Waals surface area contributed by atoms with Gasteiger partial charge in [-0.2, -0.15) is 0 Å². The molecule has 0 aliphatic heterocycles. The Labute approximate surface area is 146 Å². The number of hydrogen-bond donors (Lipinski definition) is 1. The summed E-state index contributed by atoms with van der Waals surface area (Å²) in [4.78, 5) is 17.3. The molecule has 120 valence electrons. The number of aryl methyl sites for hydroxylation is 1. The third-order valence-electron chi connectivity index (χ3n) is 3.06. The maximum Gasteiger partial charge on any atom is 0.287 e. The topological polar surface area (TPSA) is 60.1 Å². The predicted molar refractivity (Wildman–Crippen MR) is 92.0 cm³/mol. The molecule has 1 N–H and O–H groups in total. The smallest absolute Gasteiger partial charge is 0.287 e. The maximum atomic E-state index is 12.1. The Bertz CT molecular complexity index is 809. The fourth-order valence-corrected chi connectivity index (χ4v) is 3.76. The van der Waals surface area contributed by atoms with Crippen LogP contribution in [0.3, 0.4) is 0 Å². The van der Waals surface area contributed by atoms with Crippen LogP contribution < -0.4 is 5.32 Å². The number of amides is 1. The molecule has 0 aliphatic rings. The average Bonchev–Trinajstić information content (AvgIpc) is 3.24. The Morgan fingerprint density at radius 1 is 1.43 bits per heavy atom. The monoisotopic (exact) mass is 367 g/mol. The van der Waals surface area contributed by atoms with E-state index in [1.54, 1.807) is 24.0 Å². The highest BCUT2D eigenvalue weighted by Crippen LogP contribution is 2.23. The number of carbonyl (C=O) groups excluding carboxylic acids is 1. The van der Waals surface area contributed by atoms with Gasteiger partial charge in [0.25, 0.3) is 5.91 Å². The van der Waals surface area contributed by atoms with Gasteiger partial charge in [0.1, 0.15) is 5.76 Å². The largest absolute Gasteiger partial charge is 0.455 e. The van der Waals surface area contributed by atoms with Gasteiger partial charge in [0.15, 0.2) is 10.9 Å². The van der Waals surface area contributed by atoms with E-state index in [1.165, 1.54) is 11.3 Å². The molecule has 0 saturated heterocycles. The van der Waals surface area contributed by atoms with Crippen LogP contribution >= 0.6 is 34.7 Å². The minimum atomic E-state index is -0.234. The number of furan rings is 1. The number of hydrogen-bond acceptors (Lipinski definition) is 5. The lowest BCUT2D eigenvalue weighted by molar-refractivity contribution is 0.0922. The van der Waals surface area contributed by atoms with E-state index in [9.17, 15) is 4.79 Å². The molecule has 8 heteroatoms. The number of nitrogens with zero attached hydrogens (tertiary/aromatic N) is 2. The molecule has 0 fully saturated rings. The fourth-order valence-electron chi connectivity index (χ4n) is 1.91. The zero-order valence-electron chi connectivity index (χ0n) is 12.3. The number of thiophene rings is 1. The van der Waals surface area contributed by atoms with Crippen LogP contribution in [0.5, 0.6) is 0 Å². The SMILES string of the molecule is Cn1ccnc1SCc1ccc(C(=O)NCc2ccc(Cl)s2)o1. The molecule has 3 rings (SSSR count). The molecule has 0 aliphatic carbocycles. The van der Waals surface area contributed by atoms with Crippen LogP contribution in [-0.2, 0) is 19.3 Å². The number of nitrogens with one attached hydrogen (secondary N) is 1. The van der Waals surface area contributed by atoms with Crippen LogP contribution in [0.25, 0.3) is 0 Å². The first-order chi connectivity index (χ1) is 11.1. The quantitative estimate of drug-likeness (QED) is 0.670. The lowest BCUT2D eigenvalue weighted by Gasteiger charge is -2.01. The van der Waals surface area contributed by atoms with E-state index in [-0.39, 0.29) is 5.91 Å². The summed E-state index contributed by atoms with van der Waals surface area (Å²) >= 11 is 8.87. The zero-order valence-corrected chi connectivity index (χ0v) is 14.7. The minimum absolute atomic E-state index is 0.234. The summed E-state index contributed by atoms with van der Waals surface area (Å²) in [5.41, 5.74) is 0. The number of aromatic nitrogens is 2. The molecule has 3 heterocycles. The first-order valence-electron chi connectivity index (χ1n) is 6.83. The van der Waals surface area contributed by atoms with Gasteiger partial charge in [0, 0.05) is 24.3 Å². The molecule has 0 aromatic carbocycles. The average molecular weight is 368 g/mol. The fraction of sp³-hybridized carbons (Fsp3) is 0.200. The molecular weight excluding hydrogens is 354 g/mol. The summed E-state index contributed by atoms with van der Waals surface area (Å²) in [6.45, 7) is 0.439. The van der Waals surface area contributed by atoms with Gasteiger partial charge < -0.3 is 14.3 Å². The number of imidazole rings is 1. The second kappa shape index (κ2) is 7.25. The molecule has 0 atom stereocenters. The van der Waals surface area contributed by atoms with Crippen molar-refractivity contribution in [3.8, 4) is 0 Å². The maximum absolute atomic E-state index is 12.1. The van der Waals surface area contributed by atoms with Gasteiger partial charge >= 0.3 is 0 Å². The molecule has 3 aromatic rings. The second-order valence-electron chi connectivity index (χ2n) is 4.76. The van der Waals surface area contributed by atoms with E-state index >= 15 is 0 Å². The Morgan fingerprint density at radius 3 is 3.00 bits per heavy atom. The molecule has 3 aromatic heterocycles. The Morgan fingerprint density at radius 2 is 2.30 bits per heavy atom. The van der Waals surface area contributed by atoms with Crippen molar-refractivity contribution in [2.45, 2.75) is 17.5 Å². The van der Waals surface area contributed by atoms with Crippen molar-refractivity contribution >= 4 is 40.6 Å². The van der Waals surface area contributed by atoms with Gasteiger partial charge in [-0.25, -0.2) is 4.98 Å². The molecule has 0 radical (unpaired) electrons. The summed E-state index contributed by atoms with van der Waals surface area (Å²) in [6.07, 6.45) is 3.64. The summed E-state index contributed by atoms with van der Waals surface area (Å²) in [7, 11) is 1.94. The molecule has 23 heavy (non-hydrogen) atoms. The highest BCUT2D eigenvalue weighted by Gasteiger charge is 2.12. The Kier molecular flexibility index (Phi) is 5.09. The van der Waals surface area contributed by atoms with Crippen molar-refractivity contribution in [1.29, 1.82) is 0 Å². The zero-order chi connectivity index (χ0) is 16.2. The van der Waals surface area contributed by atoms with Gasteiger partial charge in [-0.15, -0.1) is 11.3 Å². The van der Waals surface area contributed by atoms with Crippen LogP contribution in [0.4, 0.5) is 0 Å². The second-order valence-corrected chi connectivity index (χ2v) is 7.51. The standard InChI is InChI=1S/C15H14ClN3O2S2/c1-19-7-6-17-15(19)22-9-10-2-4-12(21-10)14(20)18-8-11-3-5-13(16)23-11/h2-7H,8-9H2,1H3,(H,18,20). The minimum Gasteiger partial charge on any atom is -0.455 e. The molecule has 0 bridgehead atoms. The van der Waals surface area contributed by atoms with E-state index in [0.29, 0.717) is 22.4 Å². The van der Waals surface area contributed by atoms with Crippen molar-refractivity contribution in [1.82, 2.24) is 14.9 Å². The number of carbonyl (C=O) groups is 1. The van der Waals surface area contributed by atoms with Crippen LogP contribution in [0.2, 0.25) is 4.34 Å². The lowest BCUT2D eigenvalue weighted by atomic mass is 10.4. The first-order valence-corrected chi connectivity index (χ1v) is 9.01. The molecular formula is C15H14ClN3O2S2. The van der Waals surface area contributed by atoms with Gasteiger partial charge in [0.05, 0.1) is 16.6 Å². The molecule has 5 nitrogen and oxygen atoms in total. The van der Waals surface area contributed by atoms with Gasteiger partial charge in [-0.3, -0.25) is 4.79 Å². The van der Waals surface area contributed by atoms with Crippen molar-refractivity contribution in [2.75, 3.05) is 0 Å². The van der Waals surface area contributed by atoms with Crippen LogP contribution in [0, 0.1) is 0 Å². The molecule has 0 unspecified atom stereocenters. The highest BCUT2D eigenvalue weighted by atomic mass is 35.5. The van der Waals surface area contributed by atoms with E-state index in [4.69, 9.17) is 16.0 Å². The van der Waals surface area contributed by atoms with Gasteiger partial charge in [0.2, 0.25) is 0 Å². The van der Waals surface area contributed by atoms with Crippen molar-refractivity contribution in [2.24, 2.45) is 7.05 Å². The predicted octanol–water partition coefficient (Wildman–Crippen LogP) is 3.95. The van der Waals surface area contributed by atoms with E-state index < -0.39 is 0 Å². The normalized spacial score (nSPS) is 10.9. The summed E-state index contributed by atoms with van der Waals surface area (Å²) in [6, 6.07) is 7.20. The Hall–Kier alpha value is -1.70. The summed E-state index contributed by atoms with van der Waals surface area (Å²) in [5, 5.41) is 3.72. The third-order valence-corrected chi connectivity index (χ3v) is 5.37. The van der Waals surface area contributed by atoms with E-state index in [0.717, 1.165) is 15.8 Å².